The van der Waals surface area contributed by atoms with E-state index in [9.17, 15) is 22.8 Å². The molecule has 28 heavy (non-hydrogen) atoms. The van der Waals surface area contributed by atoms with Crippen molar-refractivity contribution < 1.29 is 32.2 Å². The van der Waals surface area contributed by atoms with Gasteiger partial charge in [-0.2, -0.15) is 13.2 Å². The summed E-state index contributed by atoms with van der Waals surface area (Å²) in [5.41, 5.74) is -0.444. The van der Waals surface area contributed by atoms with Crippen LogP contribution in [0.1, 0.15) is 18.4 Å². The number of carbonyl (C=O) groups excluding carboxylic acids is 2. The van der Waals surface area contributed by atoms with Crippen LogP contribution in [-0.2, 0) is 25.2 Å². The first-order chi connectivity index (χ1) is 13.2. The lowest BCUT2D eigenvalue weighted by atomic mass is 10.1. The Morgan fingerprint density at radius 3 is 2.36 bits per heavy atom. The van der Waals surface area contributed by atoms with Gasteiger partial charge in [0.2, 0.25) is 0 Å². The fourth-order valence-corrected chi connectivity index (χ4v) is 3.51. The molecule has 0 amide bonds. The lowest BCUT2D eigenvalue weighted by Gasteiger charge is -2.48. The topological polar surface area (TPSA) is 59.1 Å². The molecule has 1 aromatic carbocycles. The quantitative estimate of drug-likeness (QED) is 0.732. The highest BCUT2D eigenvalue weighted by atomic mass is 19.4. The van der Waals surface area contributed by atoms with Crippen molar-refractivity contribution in [1.29, 1.82) is 0 Å². The molecule has 0 aromatic heterocycles. The summed E-state index contributed by atoms with van der Waals surface area (Å²) < 4.78 is 50.2. The number of halogens is 3. The van der Waals surface area contributed by atoms with Crippen molar-refractivity contribution in [2.45, 2.75) is 24.9 Å². The molecular formula is C19H19F3N2O4. The van der Waals surface area contributed by atoms with Crippen molar-refractivity contribution in [2.75, 3.05) is 31.1 Å². The van der Waals surface area contributed by atoms with Crippen molar-refractivity contribution in [2.24, 2.45) is 5.92 Å². The summed E-state index contributed by atoms with van der Waals surface area (Å²) in [5.74, 6) is -2.67. The maximum Gasteiger partial charge on any atom is 0.416 e. The molecule has 9 heteroatoms. The number of ether oxygens (including phenoxy) is 2. The molecule has 1 aliphatic carbocycles. The molecule has 0 N–H and O–H groups in total. The minimum absolute atomic E-state index is 0.0693. The second-order valence-corrected chi connectivity index (χ2v) is 7.25. The van der Waals surface area contributed by atoms with Crippen LogP contribution in [0.2, 0.25) is 0 Å². The molecule has 0 unspecified atom stereocenters. The van der Waals surface area contributed by atoms with Crippen LogP contribution in [0.15, 0.2) is 36.4 Å². The van der Waals surface area contributed by atoms with E-state index < -0.39 is 29.6 Å². The van der Waals surface area contributed by atoms with Gasteiger partial charge in [-0.15, -0.1) is 0 Å². The third kappa shape index (κ3) is 3.84. The molecule has 1 saturated carbocycles. The van der Waals surface area contributed by atoms with Crippen molar-refractivity contribution in [3.05, 3.63) is 42.0 Å². The van der Waals surface area contributed by atoms with E-state index in [2.05, 4.69) is 0 Å². The van der Waals surface area contributed by atoms with Crippen molar-refractivity contribution >= 4 is 17.6 Å². The second kappa shape index (κ2) is 6.80. The van der Waals surface area contributed by atoms with Crippen LogP contribution in [0.25, 0.3) is 0 Å². The van der Waals surface area contributed by atoms with Gasteiger partial charge >= 0.3 is 24.0 Å². The molecule has 1 aromatic rings. The standard InChI is InChI=1S/C19H19F3N2O4/c20-19(21,22)14-2-1-3-15(10-14)23-8-9-24(11-13-4-5-13)18(12-23)27-16(25)6-7-17(26)28-18/h1-3,6-7,10,13H,4-5,8-9,11-12H2. The summed E-state index contributed by atoms with van der Waals surface area (Å²) in [5, 5.41) is 0. The van der Waals surface area contributed by atoms with Gasteiger partial charge in [0.05, 0.1) is 5.56 Å². The molecule has 4 rings (SSSR count). The van der Waals surface area contributed by atoms with Gasteiger partial charge in [0.15, 0.2) is 0 Å². The van der Waals surface area contributed by atoms with Crippen molar-refractivity contribution in [3.63, 3.8) is 0 Å². The molecule has 2 heterocycles. The predicted octanol–water partition coefficient (Wildman–Crippen LogP) is 2.55. The molecule has 0 radical (unpaired) electrons. The summed E-state index contributed by atoms with van der Waals surface area (Å²) in [6.07, 6.45) is -0.383. The molecule has 0 atom stereocenters. The van der Waals surface area contributed by atoms with Crippen LogP contribution < -0.4 is 4.90 Å². The Morgan fingerprint density at radius 2 is 1.75 bits per heavy atom. The maximum absolute atomic E-state index is 13.1. The second-order valence-electron chi connectivity index (χ2n) is 7.25. The largest absolute Gasteiger partial charge is 0.416 e. The fraction of sp³-hybridized carbons (Fsp3) is 0.474. The summed E-state index contributed by atoms with van der Waals surface area (Å²) in [4.78, 5) is 27.5. The molecule has 6 nitrogen and oxygen atoms in total. The van der Waals surface area contributed by atoms with E-state index in [0.29, 0.717) is 31.2 Å². The number of hydrogen-bond donors (Lipinski definition) is 0. The van der Waals surface area contributed by atoms with Crippen molar-refractivity contribution in [3.8, 4) is 0 Å². The van der Waals surface area contributed by atoms with E-state index in [1.165, 1.54) is 6.07 Å². The predicted molar refractivity (Wildman–Crippen MR) is 92.0 cm³/mol. The first-order valence-corrected chi connectivity index (χ1v) is 9.06. The van der Waals surface area contributed by atoms with E-state index in [1.54, 1.807) is 15.9 Å². The fourth-order valence-electron chi connectivity index (χ4n) is 3.51. The number of piperazine rings is 1. The monoisotopic (exact) mass is 396 g/mol. The van der Waals surface area contributed by atoms with Crippen LogP contribution in [0.4, 0.5) is 18.9 Å². The van der Waals surface area contributed by atoms with Gasteiger partial charge in [-0.25, -0.2) is 14.5 Å². The molecule has 3 aliphatic rings. The molecule has 2 aliphatic heterocycles. The normalized spacial score (nSPS) is 22.8. The van der Waals surface area contributed by atoms with Crippen LogP contribution in [-0.4, -0.2) is 48.9 Å². The Hall–Kier alpha value is -2.55. The average Bonchev–Trinajstić information content (AvgIpc) is 3.46. The van der Waals surface area contributed by atoms with Gasteiger partial charge < -0.3 is 14.4 Å². The van der Waals surface area contributed by atoms with E-state index in [4.69, 9.17) is 9.47 Å². The number of alkyl halides is 3. The van der Waals surface area contributed by atoms with E-state index >= 15 is 0 Å². The smallest absolute Gasteiger partial charge is 0.403 e. The van der Waals surface area contributed by atoms with Crippen LogP contribution in [0, 0.1) is 5.92 Å². The Kier molecular flexibility index (Phi) is 4.57. The number of hydrogen-bond acceptors (Lipinski definition) is 6. The van der Waals surface area contributed by atoms with Crippen LogP contribution in [0.5, 0.6) is 0 Å². The Balaban J connectivity index is 1.64. The molecule has 2 fully saturated rings. The highest BCUT2D eigenvalue weighted by Crippen LogP contribution is 2.37. The maximum atomic E-state index is 13.1. The number of benzene rings is 1. The van der Waals surface area contributed by atoms with E-state index in [1.807, 2.05) is 0 Å². The zero-order valence-corrected chi connectivity index (χ0v) is 14.9. The third-order valence-electron chi connectivity index (χ3n) is 5.10. The molecule has 1 saturated heterocycles. The lowest BCUT2D eigenvalue weighted by molar-refractivity contribution is -0.282. The SMILES string of the molecule is O=C1C=CC(=O)OC2(CN(c3cccc(C(F)(F)F)c3)CCN2CC2CC2)O1. The summed E-state index contributed by atoms with van der Waals surface area (Å²) in [7, 11) is 0. The summed E-state index contributed by atoms with van der Waals surface area (Å²) in [6, 6.07) is 4.92. The van der Waals surface area contributed by atoms with Gasteiger partial charge in [-0.3, -0.25) is 0 Å². The zero-order valence-electron chi connectivity index (χ0n) is 14.9. The van der Waals surface area contributed by atoms with E-state index in [-0.39, 0.29) is 6.54 Å². The minimum atomic E-state index is -4.47. The Bertz CT molecular complexity index is 800. The first-order valence-electron chi connectivity index (χ1n) is 9.06. The number of esters is 2. The van der Waals surface area contributed by atoms with Gasteiger partial charge in [-0.05, 0) is 37.0 Å². The molecule has 150 valence electrons. The average molecular weight is 396 g/mol. The van der Waals surface area contributed by atoms with Gasteiger partial charge in [0.25, 0.3) is 0 Å². The lowest BCUT2D eigenvalue weighted by Crippen LogP contribution is -2.66. The number of nitrogens with zero attached hydrogens (tertiary/aromatic N) is 2. The molecule has 0 bridgehead atoms. The van der Waals surface area contributed by atoms with Gasteiger partial charge in [0.1, 0.15) is 6.54 Å². The third-order valence-corrected chi connectivity index (χ3v) is 5.10. The number of anilines is 1. The van der Waals surface area contributed by atoms with Crippen LogP contribution in [0.3, 0.4) is 0 Å². The van der Waals surface area contributed by atoms with Gasteiger partial charge in [-0.1, -0.05) is 6.07 Å². The highest BCUT2D eigenvalue weighted by Gasteiger charge is 2.51. The van der Waals surface area contributed by atoms with Crippen molar-refractivity contribution in [1.82, 2.24) is 4.90 Å². The van der Waals surface area contributed by atoms with E-state index in [0.717, 1.165) is 37.1 Å². The highest BCUT2D eigenvalue weighted by molar-refractivity contribution is 5.93. The zero-order chi connectivity index (χ0) is 19.9. The first kappa shape index (κ1) is 18.8. The Labute approximate surface area is 159 Å². The number of carbonyl (C=O) groups is 2. The molecular weight excluding hydrogens is 377 g/mol. The minimum Gasteiger partial charge on any atom is -0.403 e. The summed E-state index contributed by atoms with van der Waals surface area (Å²) >= 11 is 0. The molecule has 1 spiro atoms. The summed E-state index contributed by atoms with van der Waals surface area (Å²) in [6.45, 7) is 1.32. The Morgan fingerprint density at radius 1 is 1.07 bits per heavy atom. The van der Waals surface area contributed by atoms with Crippen LogP contribution >= 0.6 is 0 Å². The number of rotatable bonds is 3. The van der Waals surface area contributed by atoms with Gasteiger partial charge in [0, 0.05) is 37.5 Å².